The fourth-order valence-corrected chi connectivity index (χ4v) is 4.29. The summed E-state index contributed by atoms with van der Waals surface area (Å²) in [6, 6.07) is 8.93. The molecule has 1 saturated heterocycles. The third kappa shape index (κ3) is 4.49. The predicted octanol–water partition coefficient (Wildman–Crippen LogP) is 4.06. The minimum atomic E-state index is -0.627. The van der Waals surface area contributed by atoms with E-state index in [2.05, 4.69) is 15.2 Å². The summed E-state index contributed by atoms with van der Waals surface area (Å²) < 4.78 is 5.64. The van der Waals surface area contributed by atoms with Crippen molar-refractivity contribution in [1.82, 2.24) is 9.88 Å². The standard InChI is InChI=1S/C23H23Cl2N5O3/c1-13(31)29-6-8-30(9-7-29)19-10-14-18(11-20(19)33-2)27-12-15(23(26)32)22(14)28-17-5-3-4-16(24)21(17)25/h3-5,10-12H,6-9H2,1-2H3,(H2,26,32)(H,27,28). The zero-order valence-corrected chi connectivity index (χ0v) is 19.7. The monoisotopic (exact) mass is 487 g/mol. The normalized spacial score (nSPS) is 13.8. The first kappa shape index (κ1) is 22.9. The number of anilines is 3. The topological polar surface area (TPSA) is 101 Å². The molecule has 2 amide bonds. The third-order valence-corrected chi connectivity index (χ3v) is 6.53. The number of hydrogen-bond donors (Lipinski definition) is 2. The number of nitrogens with zero attached hydrogens (tertiary/aromatic N) is 3. The summed E-state index contributed by atoms with van der Waals surface area (Å²) in [4.78, 5) is 32.3. The fraction of sp³-hybridized carbons (Fsp3) is 0.261. The van der Waals surface area contributed by atoms with Crippen molar-refractivity contribution in [2.45, 2.75) is 6.92 Å². The number of primary amides is 1. The highest BCUT2D eigenvalue weighted by atomic mass is 35.5. The van der Waals surface area contributed by atoms with Crippen molar-refractivity contribution >= 4 is 63.0 Å². The van der Waals surface area contributed by atoms with E-state index in [9.17, 15) is 9.59 Å². The molecule has 1 aromatic heterocycles. The zero-order valence-electron chi connectivity index (χ0n) is 18.2. The van der Waals surface area contributed by atoms with Gasteiger partial charge in [-0.3, -0.25) is 14.6 Å². The molecule has 0 aliphatic carbocycles. The number of piperazine rings is 1. The van der Waals surface area contributed by atoms with E-state index in [0.29, 0.717) is 64.3 Å². The second kappa shape index (κ2) is 9.33. The van der Waals surface area contributed by atoms with E-state index in [-0.39, 0.29) is 11.5 Å². The van der Waals surface area contributed by atoms with Crippen LogP contribution in [0.25, 0.3) is 10.9 Å². The smallest absolute Gasteiger partial charge is 0.252 e. The quantitative estimate of drug-likeness (QED) is 0.562. The van der Waals surface area contributed by atoms with E-state index in [1.165, 1.54) is 6.20 Å². The Morgan fingerprint density at radius 1 is 1.15 bits per heavy atom. The van der Waals surface area contributed by atoms with Gasteiger partial charge in [-0.25, -0.2) is 0 Å². The van der Waals surface area contributed by atoms with Gasteiger partial charge in [-0.2, -0.15) is 0 Å². The van der Waals surface area contributed by atoms with Crippen molar-refractivity contribution in [2.75, 3.05) is 43.5 Å². The lowest BCUT2D eigenvalue weighted by Gasteiger charge is -2.36. The van der Waals surface area contributed by atoms with Gasteiger partial charge < -0.3 is 25.6 Å². The Kier molecular flexibility index (Phi) is 6.49. The van der Waals surface area contributed by atoms with Crippen LogP contribution in [0.1, 0.15) is 17.3 Å². The molecule has 0 saturated carbocycles. The number of benzene rings is 2. The van der Waals surface area contributed by atoms with Crippen molar-refractivity contribution in [3.05, 3.63) is 52.1 Å². The summed E-state index contributed by atoms with van der Waals surface area (Å²) in [6.07, 6.45) is 1.43. The highest BCUT2D eigenvalue weighted by Crippen LogP contribution is 2.39. The number of hydrogen-bond acceptors (Lipinski definition) is 6. The number of nitrogens with one attached hydrogen (secondary N) is 1. The minimum Gasteiger partial charge on any atom is -0.495 e. The number of ether oxygens (including phenoxy) is 1. The van der Waals surface area contributed by atoms with Crippen LogP contribution >= 0.6 is 23.2 Å². The zero-order chi connectivity index (χ0) is 23.7. The summed E-state index contributed by atoms with van der Waals surface area (Å²) in [5.74, 6) is 0.0719. The molecule has 0 spiro atoms. The molecule has 0 radical (unpaired) electrons. The summed E-state index contributed by atoms with van der Waals surface area (Å²) in [6.45, 7) is 4.08. The highest BCUT2D eigenvalue weighted by Gasteiger charge is 2.23. The number of pyridine rings is 1. The van der Waals surface area contributed by atoms with Crippen LogP contribution in [0.4, 0.5) is 17.1 Å². The third-order valence-electron chi connectivity index (χ3n) is 5.71. The lowest BCUT2D eigenvalue weighted by molar-refractivity contribution is -0.129. The Morgan fingerprint density at radius 3 is 2.52 bits per heavy atom. The summed E-state index contributed by atoms with van der Waals surface area (Å²) in [7, 11) is 1.60. The van der Waals surface area contributed by atoms with Gasteiger partial charge in [0.15, 0.2) is 0 Å². The molecule has 4 rings (SSSR count). The molecule has 3 N–H and O–H groups in total. The van der Waals surface area contributed by atoms with Crippen LogP contribution in [0.3, 0.4) is 0 Å². The molecule has 33 heavy (non-hydrogen) atoms. The molecule has 8 nitrogen and oxygen atoms in total. The number of carbonyl (C=O) groups is 2. The molecule has 0 atom stereocenters. The molecular weight excluding hydrogens is 465 g/mol. The number of amides is 2. The molecule has 1 aliphatic rings. The van der Waals surface area contributed by atoms with Gasteiger partial charge in [-0.1, -0.05) is 29.3 Å². The molecule has 1 aliphatic heterocycles. The second-order valence-corrected chi connectivity index (χ2v) is 8.46. The Morgan fingerprint density at radius 2 is 1.88 bits per heavy atom. The lowest BCUT2D eigenvalue weighted by Crippen LogP contribution is -2.48. The molecule has 0 bridgehead atoms. The largest absolute Gasteiger partial charge is 0.495 e. The lowest BCUT2D eigenvalue weighted by atomic mass is 10.1. The maximum Gasteiger partial charge on any atom is 0.252 e. The van der Waals surface area contributed by atoms with Gasteiger partial charge in [0.25, 0.3) is 5.91 Å². The molecule has 172 valence electrons. The van der Waals surface area contributed by atoms with E-state index in [4.69, 9.17) is 33.7 Å². The summed E-state index contributed by atoms with van der Waals surface area (Å²) in [5, 5.41) is 4.61. The molecule has 1 fully saturated rings. The highest BCUT2D eigenvalue weighted by molar-refractivity contribution is 6.43. The molecule has 3 aromatic rings. The van der Waals surface area contributed by atoms with Crippen LogP contribution in [-0.4, -0.2) is 55.0 Å². The number of halogens is 2. The molecular formula is C23H23Cl2N5O3. The van der Waals surface area contributed by atoms with Crippen molar-refractivity contribution in [2.24, 2.45) is 5.73 Å². The number of carbonyl (C=O) groups excluding carboxylic acids is 2. The summed E-state index contributed by atoms with van der Waals surface area (Å²) >= 11 is 12.6. The van der Waals surface area contributed by atoms with Gasteiger partial charge in [0.2, 0.25) is 5.91 Å². The molecule has 0 unspecified atom stereocenters. The van der Waals surface area contributed by atoms with Gasteiger partial charge >= 0.3 is 0 Å². The average Bonchev–Trinajstić information content (AvgIpc) is 2.81. The first-order valence-electron chi connectivity index (χ1n) is 10.3. The van der Waals surface area contributed by atoms with Gasteiger partial charge in [0, 0.05) is 50.8 Å². The van der Waals surface area contributed by atoms with E-state index in [0.717, 1.165) is 5.69 Å². The number of nitrogens with two attached hydrogens (primary N) is 1. The van der Waals surface area contributed by atoms with Crippen LogP contribution in [-0.2, 0) is 4.79 Å². The van der Waals surface area contributed by atoms with E-state index >= 15 is 0 Å². The summed E-state index contributed by atoms with van der Waals surface area (Å²) in [5.41, 5.74) is 8.33. The van der Waals surface area contributed by atoms with E-state index in [1.54, 1.807) is 32.2 Å². The Labute approximate surface area is 201 Å². The average molecular weight is 488 g/mol. The Hall–Kier alpha value is -3.23. The van der Waals surface area contributed by atoms with Crippen molar-refractivity contribution in [3.63, 3.8) is 0 Å². The Balaban J connectivity index is 1.84. The number of aromatic nitrogens is 1. The van der Waals surface area contributed by atoms with Crippen LogP contribution in [0.5, 0.6) is 5.75 Å². The maximum atomic E-state index is 12.2. The van der Waals surface area contributed by atoms with Crippen molar-refractivity contribution in [1.29, 1.82) is 0 Å². The maximum absolute atomic E-state index is 12.2. The number of rotatable bonds is 5. The van der Waals surface area contributed by atoms with Crippen molar-refractivity contribution < 1.29 is 14.3 Å². The minimum absolute atomic E-state index is 0.0558. The first-order valence-corrected chi connectivity index (χ1v) is 11.1. The molecule has 2 heterocycles. The molecule has 2 aromatic carbocycles. The predicted molar refractivity (Wildman–Crippen MR) is 131 cm³/mol. The van der Waals surface area contributed by atoms with Gasteiger partial charge in [0.05, 0.1) is 45.3 Å². The van der Waals surface area contributed by atoms with Crippen LogP contribution in [0.2, 0.25) is 10.0 Å². The van der Waals surface area contributed by atoms with E-state index < -0.39 is 5.91 Å². The van der Waals surface area contributed by atoms with Gasteiger partial charge in [-0.05, 0) is 18.2 Å². The van der Waals surface area contributed by atoms with E-state index in [1.807, 2.05) is 17.0 Å². The Bertz CT molecular complexity index is 1240. The first-order chi connectivity index (χ1) is 15.8. The van der Waals surface area contributed by atoms with Gasteiger partial charge in [0.1, 0.15) is 5.75 Å². The van der Waals surface area contributed by atoms with Crippen molar-refractivity contribution in [3.8, 4) is 5.75 Å². The van der Waals surface area contributed by atoms with Crippen LogP contribution < -0.4 is 20.7 Å². The number of methoxy groups -OCH3 is 1. The van der Waals surface area contributed by atoms with Crippen LogP contribution in [0, 0.1) is 0 Å². The number of fused-ring (bicyclic) bond motifs is 1. The van der Waals surface area contributed by atoms with Crippen LogP contribution in [0.15, 0.2) is 36.5 Å². The fourth-order valence-electron chi connectivity index (χ4n) is 3.94. The SMILES string of the molecule is COc1cc2ncc(C(N)=O)c(Nc3cccc(Cl)c3Cl)c2cc1N1CCN(C(C)=O)CC1. The molecule has 10 heteroatoms. The van der Waals surface area contributed by atoms with Gasteiger partial charge in [-0.15, -0.1) is 0 Å². The second-order valence-electron chi connectivity index (χ2n) is 7.67.